The van der Waals surface area contributed by atoms with Gasteiger partial charge in [-0.15, -0.1) is 0 Å². The molecule has 1 amide bonds. The lowest BCUT2D eigenvalue weighted by molar-refractivity contribution is -0.133. The van der Waals surface area contributed by atoms with E-state index >= 15 is 0 Å². The summed E-state index contributed by atoms with van der Waals surface area (Å²) in [5, 5.41) is 3.37. The third kappa shape index (κ3) is 4.76. The Balaban J connectivity index is 1.22. The molecule has 1 atom stereocenters. The van der Waals surface area contributed by atoms with Gasteiger partial charge in [0.25, 0.3) is 0 Å². The zero-order chi connectivity index (χ0) is 18.5. The fourth-order valence-electron chi connectivity index (χ4n) is 3.91. The van der Waals surface area contributed by atoms with Crippen LogP contribution in [0.3, 0.4) is 0 Å². The average Bonchev–Trinajstić information content (AvgIpc) is 3.39. The highest BCUT2D eigenvalue weighted by molar-refractivity contribution is 5.76. The molecule has 0 saturated carbocycles. The Hall–Kier alpha value is -2.18. The molecule has 1 aromatic carbocycles. The zero-order valence-corrected chi connectivity index (χ0v) is 15.8. The maximum atomic E-state index is 12.4. The quantitative estimate of drug-likeness (QED) is 0.848. The Kier molecular flexibility index (Phi) is 5.84. The Morgan fingerprint density at radius 2 is 2.00 bits per heavy atom. The second kappa shape index (κ2) is 8.67. The van der Waals surface area contributed by atoms with Gasteiger partial charge in [-0.2, -0.15) is 0 Å². The highest BCUT2D eigenvalue weighted by atomic mass is 16.4. The molecule has 0 bridgehead atoms. The molecule has 0 spiro atoms. The van der Waals surface area contributed by atoms with Crippen molar-refractivity contribution in [3.8, 4) is 11.3 Å². The minimum Gasteiger partial charge on any atom is -0.439 e. The predicted octanol–water partition coefficient (Wildman–Crippen LogP) is 2.38. The lowest BCUT2D eigenvalue weighted by atomic mass is 10.0. The molecule has 6 nitrogen and oxygen atoms in total. The number of aromatic nitrogens is 1. The molecule has 0 radical (unpaired) electrons. The summed E-state index contributed by atoms with van der Waals surface area (Å²) in [5.74, 6) is 2.53. The molecule has 6 heteroatoms. The monoisotopic (exact) mass is 368 g/mol. The molecular weight excluding hydrogens is 340 g/mol. The molecule has 2 aliphatic heterocycles. The van der Waals surface area contributed by atoms with Crippen LogP contribution in [0.15, 0.2) is 40.9 Å². The van der Waals surface area contributed by atoms with Gasteiger partial charge in [0.2, 0.25) is 11.8 Å². The van der Waals surface area contributed by atoms with Gasteiger partial charge in [0.05, 0.1) is 12.7 Å². The second-order valence-corrected chi connectivity index (χ2v) is 7.54. The van der Waals surface area contributed by atoms with Crippen LogP contribution in [0.5, 0.6) is 0 Å². The number of rotatable bonds is 6. The number of nitrogens with zero attached hydrogens (tertiary/aromatic N) is 3. The summed E-state index contributed by atoms with van der Waals surface area (Å²) in [7, 11) is 0. The molecular formula is C21H28N4O2. The number of nitrogens with one attached hydrogen (secondary N) is 1. The number of carbonyl (C=O) groups excluding carboxylic acids is 1. The van der Waals surface area contributed by atoms with Crippen LogP contribution in [0.1, 0.15) is 25.2 Å². The number of hydrogen-bond donors (Lipinski definition) is 1. The van der Waals surface area contributed by atoms with Crippen LogP contribution in [0, 0.1) is 5.92 Å². The van der Waals surface area contributed by atoms with Crippen molar-refractivity contribution in [2.24, 2.45) is 5.92 Å². The number of piperazine rings is 1. The lowest BCUT2D eigenvalue weighted by Crippen LogP contribution is -2.48. The van der Waals surface area contributed by atoms with Crippen LogP contribution >= 0.6 is 0 Å². The number of amides is 1. The minimum absolute atomic E-state index is 0.309. The molecule has 2 fully saturated rings. The van der Waals surface area contributed by atoms with Crippen molar-refractivity contribution < 1.29 is 9.21 Å². The third-order valence-electron chi connectivity index (χ3n) is 5.62. The summed E-state index contributed by atoms with van der Waals surface area (Å²) in [6, 6.07) is 10.0. The zero-order valence-electron chi connectivity index (χ0n) is 15.8. The van der Waals surface area contributed by atoms with Crippen LogP contribution in [-0.2, 0) is 11.3 Å². The first-order valence-electron chi connectivity index (χ1n) is 9.99. The Labute approximate surface area is 160 Å². The van der Waals surface area contributed by atoms with E-state index in [4.69, 9.17) is 4.42 Å². The fraction of sp³-hybridized carbons (Fsp3) is 0.524. The van der Waals surface area contributed by atoms with Crippen LogP contribution in [-0.4, -0.2) is 60.0 Å². The van der Waals surface area contributed by atoms with Crippen molar-refractivity contribution in [2.45, 2.75) is 25.8 Å². The van der Waals surface area contributed by atoms with Gasteiger partial charge >= 0.3 is 0 Å². The first kappa shape index (κ1) is 18.2. The van der Waals surface area contributed by atoms with E-state index in [1.54, 1.807) is 6.20 Å². The molecule has 144 valence electrons. The number of hydrogen-bond acceptors (Lipinski definition) is 5. The van der Waals surface area contributed by atoms with E-state index in [0.717, 1.165) is 62.9 Å². The second-order valence-electron chi connectivity index (χ2n) is 7.54. The van der Waals surface area contributed by atoms with Crippen LogP contribution < -0.4 is 5.32 Å². The largest absolute Gasteiger partial charge is 0.439 e. The topological polar surface area (TPSA) is 61.6 Å². The van der Waals surface area contributed by atoms with Gasteiger partial charge in [-0.1, -0.05) is 30.3 Å². The molecule has 3 heterocycles. The first-order chi connectivity index (χ1) is 13.3. The third-order valence-corrected chi connectivity index (χ3v) is 5.62. The maximum absolute atomic E-state index is 12.4. The molecule has 1 unspecified atom stereocenters. The molecule has 0 aliphatic carbocycles. The molecule has 4 rings (SSSR count). The Morgan fingerprint density at radius 1 is 1.19 bits per heavy atom. The SMILES string of the molecule is O=C(CCC1CCNC1)N1CCN(Cc2ncc(-c3ccccc3)o2)CC1. The number of oxazole rings is 1. The van der Waals surface area contributed by atoms with E-state index in [9.17, 15) is 4.79 Å². The smallest absolute Gasteiger partial charge is 0.222 e. The van der Waals surface area contributed by atoms with E-state index in [-0.39, 0.29) is 0 Å². The first-order valence-corrected chi connectivity index (χ1v) is 9.99. The van der Waals surface area contributed by atoms with Gasteiger partial charge in [0.15, 0.2) is 5.76 Å². The van der Waals surface area contributed by atoms with E-state index in [1.165, 1.54) is 6.42 Å². The lowest BCUT2D eigenvalue weighted by Gasteiger charge is -2.34. The van der Waals surface area contributed by atoms with Crippen molar-refractivity contribution in [1.29, 1.82) is 0 Å². The Bertz CT molecular complexity index is 732. The van der Waals surface area contributed by atoms with E-state index < -0.39 is 0 Å². The number of benzene rings is 1. The highest BCUT2D eigenvalue weighted by Crippen LogP contribution is 2.21. The van der Waals surface area contributed by atoms with Crippen molar-refractivity contribution >= 4 is 5.91 Å². The molecule has 1 aromatic heterocycles. The van der Waals surface area contributed by atoms with E-state index in [2.05, 4.69) is 15.2 Å². The summed E-state index contributed by atoms with van der Waals surface area (Å²) < 4.78 is 5.90. The van der Waals surface area contributed by atoms with Crippen LogP contribution in [0.4, 0.5) is 0 Å². The molecule has 2 aromatic rings. The Morgan fingerprint density at radius 3 is 2.74 bits per heavy atom. The van der Waals surface area contributed by atoms with Crippen molar-refractivity contribution in [1.82, 2.24) is 20.1 Å². The summed E-state index contributed by atoms with van der Waals surface area (Å²) in [5.41, 5.74) is 1.05. The summed E-state index contributed by atoms with van der Waals surface area (Å²) in [6.07, 6.45) is 4.71. The summed E-state index contributed by atoms with van der Waals surface area (Å²) in [6.45, 7) is 6.22. The molecule has 27 heavy (non-hydrogen) atoms. The van der Waals surface area contributed by atoms with Crippen molar-refractivity contribution in [3.05, 3.63) is 42.4 Å². The van der Waals surface area contributed by atoms with Crippen LogP contribution in [0.2, 0.25) is 0 Å². The van der Waals surface area contributed by atoms with Crippen molar-refractivity contribution in [2.75, 3.05) is 39.3 Å². The van der Waals surface area contributed by atoms with Gasteiger partial charge in [0, 0.05) is 38.2 Å². The highest BCUT2D eigenvalue weighted by Gasteiger charge is 2.23. The van der Waals surface area contributed by atoms with Gasteiger partial charge in [-0.25, -0.2) is 4.98 Å². The van der Waals surface area contributed by atoms with E-state index in [1.807, 2.05) is 35.2 Å². The number of carbonyl (C=O) groups is 1. The molecule has 1 N–H and O–H groups in total. The summed E-state index contributed by atoms with van der Waals surface area (Å²) in [4.78, 5) is 21.2. The average molecular weight is 368 g/mol. The van der Waals surface area contributed by atoms with Gasteiger partial charge < -0.3 is 14.6 Å². The normalized spacial score (nSPS) is 20.9. The molecule has 2 saturated heterocycles. The van der Waals surface area contributed by atoms with Crippen molar-refractivity contribution in [3.63, 3.8) is 0 Å². The van der Waals surface area contributed by atoms with Crippen LogP contribution in [0.25, 0.3) is 11.3 Å². The maximum Gasteiger partial charge on any atom is 0.222 e. The molecule has 2 aliphatic rings. The van der Waals surface area contributed by atoms with Gasteiger partial charge in [0.1, 0.15) is 0 Å². The minimum atomic E-state index is 0.309. The van der Waals surface area contributed by atoms with Gasteiger partial charge in [-0.3, -0.25) is 9.69 Å². The van der Waals surface area contributed by atoms with Gasteiger partial charge in [-0.05, 0) is 31.8 Å². The standard InChI is InChI=1S/C21H28N4O2/c26-21(7-6-17-8-9-22-14-17)25-12-10-24(11-13-25)16-20-23-15-19(27-20)18-4-2-1-3-5-18/h1-5,15,17,22H,6-14,16H2. The van der Waals surface area contributed by atoms with E-state index in [0.29, 0.717) is 24.8 Å². The summed E-state index contributed by atoms with van der Waals surface area (Å²) >= 11 is 0. The predicted molar refractivity (Wildman–Crippen MR) is 104 cm³/mol. The fourth-order valence-corrected chi connectivity index (χ4v) is 3.91.